The van der Waals surface area contributed by atoms with Gasteiger partial charge < -0.3 is 28.9 Å². The minimum Gasteiger partial charge on any atom is -0.465 e. The molecule has 0 radical (unpaired) electrons. The van der Waals surface area contributed by atoms with Gasteiger partial charge in [-0.05, 0) is 54.8 Å². The van der Waals surface area contributed by atoms with Crippen LogP contribution < -0.4 is 9.80 Å². The molecule has 5 aromatic carbocycles. The van der Waals surface area contributed by atoms with Crippen molar-refractivity contribution in [2.45, 2.75) is 50.2 Å². The van der Waals surface area contributed by atoms with Crippen LogP contribution in [0.5, 0.6) is 0 Å². The maximum absolute atomic E-state index is 16.1. The summed E-state index contributed by atoms with van der Waals surface area (Å²) in [6.45, 7) is 3.98. The summed E-state index contributed by atoms with van der Waals surface area (Å²) in [4.78, 5) is 81.8. The number of hydrogen-bond donors (Lipinski definition) is 0. The fourth-order valence-electron chi connectivity index (χ4n) is 11.0. The summed E-state index contributed by atoms with van der Waals surface area (Å²) in [5.41, 5.74) is 0.580. The average molecular weight is 860 g/mol. The van der Waals surface area contributed by atoms with Gasteiger partial charge in [-0.15, -0.1) is 0 Å². The van der Waals surface area contributed by atoms with Crippen LogP contribution in [0.15, 0.2) is 150 Å². The van der Waals surface area contributed by atoms with Crippen molar-refractivity contribution in [3.8, 4) is 0 Å². The molecule has 6 atom stereocenters. The number of esters is 2. The highest BCUT2D eigenvalue weighted by molar-refractivity contribution is 6.31. The van der Waals surface area contributed by atoms with Crippen molar-refractivity contribution in [1.29, 1.82) is 0 Å². The third kappa shape index (κ3) is 5.65. The van der Waals surface area contributed by atoms with Gasteiger partial charge in [0.25, 0.3) is 5.91 Å². The number of carbonyl (C=O) groups excluding carboxylic acids is 5. The molecule has 1 aliphatic carbocycles. The molecule has 5 heterocycles. The summed E-state index contributed by atoms with van der Waals surface area (Å²) in [5, 5.41) is 0.336. The highest BCUT2D eigenvalue weighted by atomic mass is 35.5. The van der Waals surface area contributed by atoms with Crippen LogP contribution in [0.4, 0.5) is 11.4 Å². The van der Waals surface area contributed by atoms with Crippen molar-refractivity contribution in [2.75, 3.05) is 24.0 Å². The van der Waals surface area contributed by atoms with Gasteiger partial charge in [-0.25, -0.2) is 9.59 Å². The van der Waals surface area contributed by atoms with E-state index in [1.807, 2.05) is 92.7 Å². The first kappa shape index (κ1) is 40.3. The molecular formula is C51H42ClN3O8. The van der Waals surface area contributed by atoms with Crippen molar-refractivity contribution < 1.29 is 38.2 Å². The molecule has 2 amide bonds. The van der Waals surface area contributed by atoms with E-state index in [0.717, 1.165) is 16.7 Å². The Bertz CT molecular complexity index is 2830. The highest BCUT2D eigenvalue weighted by Crippen LogP contribution is 2.65. The van der Waals surface area contributed by atoms with Gasteiger partial charge in [0.05, 0.1) is 45.0 Å². The number of rotatable bonds is 8. The van der Waals surface area contributed by atoms with Crippen molar-refractivity contribution in [3.63, 3.8) is 0 Å². The van der Waals surface area contributed by atoms with Crippen LogP contribution >= 0.6 is 11.6 Å². The minimum atomic E-state index is -2.25. The predicted octanol–water partition coefficient (Wildman–Crippen LogP) is 7.59. The van der Waals surface area contributed by atoms with E-state index in [1.165, 1.54) is 14.2 Å². The van der Waals surface area contributed by atoms with Crippen LogP contribution in [0.25, 0.3) is 0 Å². The topological polar surface area (TPSA) is 123 Å². The molecule has 316 valence electrons. The van der Waals surface area contributed by atoms with Gasteiger partial charge in [0.15, 0.2) is 5.78 Å². The number of aryl methyl sites for hydroxylation is 1. The summed E-state index contributed by atoms with van der Waals surface area (Å²) < 4.78 is 18.4. The first-order valence-corrected chi connectivity index (χ1v) is 21.1. The molecule has 11 nitrogen and oxygen atoms in total. The molecule has 12 heteroatoms. The zero-order valence-corrected chi connectivity index (χ0v) is 35.7. The van der Waals surface area contributed by atoms with Gasteiger partial charge in [0.1, 0.15) is 22.9 Å². The van der Waals surface area contributed by atoms with Gasteiger partial charge >= 0.3 is 11.9 Å². The lowest BCUT2D eigenvalue weighted by Crippen LogP contribution is -2.76. The smallest absolute Gasteiger partial charge is 0.355 e. The summed E-state index contributed by atoms with van der Waals surface area (Å²) in [6, 6.07) is 37.2. The number of methoxy groups -OCH3 is 2. The van der Waals surface area contributed by atoms with Gasteiger partial charge in [-0.1, -0.05) is 132 Å². The molecular weight excluding hydrogens is 818 g/mol. The summed E-state index contributed by atoms with van der Waals surface area (Å²) in [5.74, 6) is -5.47. The van der Waals surface area contributed by atoms with Crippen molar-refractivity contribution in [1.82, 2.24) is 4.90 Å². The second-order valence-electron chi connectivity index (χ2n) is 16.7. The molecule has 0 N–H and O–H groups in total. The molecule has 1 fully saturated rings. The number of piperidine rings is 1. The second-order valence-corrected chi connectivity index (χ2v) is 17.1. The Morgan fingerprint density at radius 2 is 1.27 bits per heavy atom. The molecule has 0 saturated carbocycles. The Hall–Kier alpha value is -6.82. The fourth-order valence-corrected chi connectivity index (χ4v) is 11.1. The first-order chi connectivity index (χ1) is 30.5. The molecule has 2 bridgehead atoms. The number of fused-ring (bicyclic) bond motifs is 3. The quantitative estimate of drug-likeness (QED) is 0.0883. The van der Waals surface area contributed by atoms with Crippen LogP contribution in [-0.4, -0.2) is 60.9 Å². The second kappa shape index (κ2) is 14.9. The predicted molar refractivity (Wildman–Crippen MR) is 234 cm³/mol. The Morgan fingerprint density at radius 1 is 0.698 bits per heavy atom. The molecule has 5 aliphatic heterocycles. The average Bonchev–Trinajstić information content (AvgIpc) is 3.65. The highest BCUT2D eigenvalue weighted by Gasteiger charge is 2.75. The Labute approximate surface area is 369 Å². The van der Waals surface area contributed by atoms with E-state index in [0.29, 0.717) is 38.7 Å². The molecule has 0 aromatic heterocycles. The lowest BCUT2D eigenvalue weighted by Gasteiger charge is -2.63. The Kier molecular flexibility index (Phi) is 9.54. The number of carbonyl (C=O) groups is 5. The SMILES string of the molecule is COC(=O)C1=C(C(=O)OC)[C@@]2(O[C@H]3[C@@H]4C=C(C)[C@H](N13)[C@]1(C(=O)N(Cc3ccccc3)c3ccc(Cl)cc31)[C@H]4C(=O)c1ccccc1)C(=O)N(Cc1ccccc1)c1ccc(C)cc12. The van der Waals surface area contributed by atoms with E-state index in [4.69, 9.17) is 25.8 Å². The maximum Gasteiger partial charge on any atom is 0.355 e. The Balaban J connectivity index is 1.27. The number of anilines is 2. The number of halogens is 1. The van der Waals surface area contributed by atoms with Crippen LogP contribution in [-0.2, 0) is 57.5 Å². The van der Waals surface area contributed by atoms with E-state index in [2.05, 4.69) is 0 Å². The third-order valence-electron chi connectivity index (χ3n) is 13.4. The number of nitrogens with zero attached hydrogens (tertiary/aromatic N) is 3. The van der Waals surface area contributed by atoms with Crippen LogP contribution in [0.1, 0.15) is 45.1 Å². The van der Waals surface area contributed by atoms with Crippen LogP contribution in [0, 0.1) is 18.8 Å². The standard InChI is InChI=1S/C51H42ClN3O8/c1-29-20-22-39-37(24-29)51(49(60)54(39)28-32-16-10-6-11-17-32)41(46(57)61-3)42(47(58)62-4)55-44-30(2)25-35(45(55)63-51)40(43(56)33-18-12-7-13-19-33)50(44)36-26-34(52)21-23-38(36)53(48(50)59)27-31-14-8-5-9-15-31/h5-26,35,40,44-45H,27-28H2,1-4H3/t35-,40-,44+,45+,50-,51-/m1/s1. The normalized spacial score (nSPS) is 25.3. The number of ketones is 1. The lowest BCUT2D eigenvalue weighted by atomic mass is 9.51. The number of hydrogen-bond acceptors (Lipinski definition) is 9. The molecule has 2 spiro atoms. The third-order valence-corrected chi connectivity index (χ3v) is 13.6. The maximum atomic E-state index is 16.1. The number of benzene rings is 5. The summed E-state index contributed by atoms with van der Waals surface area (Å²) >= 11 is 6.86. The molecule has 0 unspecified atom stereocenters. The van der Waals surface area contributed by atoms with E-state index in [-0.39, 0.29) is 30.1 Å². The van der Waals surface area contributed by atoms with Gasteiger partial charge in [0.2, 0.25) is 11.5 Å². The number of ether oxygens (including phenoxy) is 3. The van der Waals surface area contributed by atoms with Crippen molar-refractivity contribution in [3.05, 3.63) is 189 Å². The zero-order valence-electron chi connectivity index (χ0n) is 34.9. The molecule has 5 aromatic rings. The fraction of sp³-hybridized carbons (Fsp3) is 0.235. The largest absolute Gasteiger partial charge is 0.465 e. The molecule has 63 heavy (non-hydrogen) atoms. The molecule has 6 aliphatic rings. The number of Topliss-reactive ketones (excluding diaryl/α,β-unsaturated/α-hetero) is 1. The van der Waals surface area contributed by atoms with E-state index < -0.39 is 58.9 Å². The van der Waals surface area contributed by atoms with Crippen LogP contribution in [0.2, 0.25) is 5.02 Å². The van der Waals surface area contributed by atoms with Gasteiger partial charge in [0, 0.05) is 27.8 Å². The summed E-state index contributed by atoms with van der Waals surface area (Å²) in [7, 11) is 2.36. The summed E-state index contributed by atoms with van der Waals surface area (Å²) in [6.07, 6.45) is 0.654. The van der Waals surface area contributed by atoms with Crippen molar-refractivity contribution >= 4 is 52.5 Å². The monoisotopic (exact) mass is 859 g/mol. The minimum absolute atomic E-state index is 0.115. The van der Waals surface area contributed by atoms with E-state index in [9.17, 15) is 9.59 Å². The van der Waals surface area contributed by atoms with Gasteiger partial charge in [-0.2, -0.15) is 0 Å². The first-order valence-electron chi connectivity index (χ1n) is 20.7. The number of amides is 2. The van der Waals surface area contributed by atoms with Gasteiger partial charge in [-0.3, -0.25) is 14.4 Å². The Morgan fingerprint density at radius 3 is 1.89 bits per heavy atom. The van der Waals surface area contributed by atoms with Crippen molar-refractivity contribution in [2.24, 2.45) is 11.8 Å². The van der Waals surface area contributed by atoms with E-state index in [1.54, 1.807) is 69.3 Å². The molecule has 11 rings (SSSR count). The lowest BCUT2D eigenvalue weighted by molar-refractivity contribution is -0.218. The van der Waals surface area contributed by atoms with E-state index >= 15 is 14.4 Å². The zero-order chi connectivity index (χ0) is 43.9. The van der Waals surface area contributed by atoms with Crippen LogP contribution in [0.3, 0.4) is 0 Å². The molecule has 1 saturated heterocycles.